The van der Waals surface area contributed by atoms with Crippen molar-refractivity contribution in [2.75, 3.05) is 18.8 Å². The van der Waals surface area contributed by atoms with E-state index in [1.807, 2.05) is 31.1 Å². The third-order valence-corrected chi connectivity index (χ3v) is 4.27. The number of hydrogen-bond acceptors (Lipinski definition) is 5. The Morgan fingerprint density at radius 1 is 1.57 bits per heavy atom. The Hall–Kier alpha value is -1.30. The monoisotopic (exact) mass is 311 g/mol. The lowest BCUT2D eigenvalue weighted by molar-refractivity contribution is 0.0162. The fourth-order valence-electron chi connectivity index (χ4n) is 2.58. The van der Waals surface area contributed by atoms with Crippen LogP contribution in [0, 0.1) is 5.92 Å². The first-order chi connectivity index (χ1) is 9.83. The number of hydrogen-bond donors (Lipinski definition) is 1. The van der Waals surface area contributed by atoms with E-state index in [-0.39, 0.29) is 6.09 Å². The zero-order chi connectivity index (χ0) is 15.5. The van der Waals surface area contributed by atoms with Crippen LogP contribution in [0.3, 0.4) is 0 Å². The number of nitrogens with two attached hydrogens (primary N) is 1. The summed E-state index contributed by atoms with van der Waals surface area (Å²) in [6.45, 7) is 7.29. The molecule has 2 heterocycles. The molecule has 1 fully saturated rings. The van der Waals surface area contributed by atoms with Gasteiger partial charge in [-0.1, -0.05) is 0 Å². The summed E-state index contributed by atoms with van der Waals surface area (Å²) in [4.78, 5) is 18.2. The molecule has 21 heavy (non-hydrogen) atoms. The minimum Gasteiger partial charge on any atom is -0.444 e. The molecule has 0 saturated carbocycles. The van der Waals surface area contributed by atoms with E-state index >= 15 is 0 Å². The largest absolute Gasteiger partial charge is 0.444 e. The normalized spacial score (nSPS) is 19.6. The summed E-state index contributed by atoms with van der Waals surface area (Å²) in [5, 5.41) is 2.65. The molecule has 5 nitrogen and oxygen atoms in total. The molecule has 0 bridgehead atoms. The first-order valence-electron chi connectivity index (χ1n) is 7.51. The average molecular weight is 311 g/mol. The number of amides is 1. The molecule has 118 valence electrons. The Kier molecular flexibility index (Phi) is 5.08. The second kappa shape index (κ2) is 6.64. The molecule has 0 aromatic carbocycles. The van der Waals surface area contributed by atoms with Crippen molar-refractivity contribution >= 4 is 22.6 Å². The zero-order valence-corrected chi connectivity index (χ0v) is 13.9. The van der Waals surface area contributed by atoms with Crippen molar-refractivity contribution in [1.29, 1.82) is 0 Å². The van der Waals surface area contributed by atoms with Crippen LogP contribution >= 0.6 is 11.3 Å². The molecule has 0 radical (unpaired) electrons. The number of ether oxygens (including phenoxy) is 1. The summed E-state index contributed by atoms with van der Waals surface area (Å²) in [7, 11) is 0. The van der Waals surface area contributed by atoms with Crippen LogP contribution in [0.1, 0.15) is 45.7 Å². The van der Waals surface area contributed by atoms with Gasteiger partial charge >= 0.3 is 6.09 Å². The van der Waals surface area contributed by atoms with Gasteiger partial charge in [-0.25, -0.2) is 9.78 Å². The molecule has 1 aromatic rings. The van der Waals surface area contributed by atoms with Crippen molar-refractivity contribution in [2.45, 2.75) is 52.1 Å². The lowest BCUT2D eigenvalue weighted by Gasteiger charge is -2.34. The topological polar surface area (TPSA) is 68.5 Å². The molecule has 0 aliphatic carbocycles. The Labute approximate surface area is 130 Å². The van der Waals surface area contributed by atoms with E-state index < -0.39 is 5.60 Å². The molecule has 6 heteroatoms. The second-order valence-corrected chi connectivity index (χ2v) is 7.54. The maximum Gasteiger partial charge on any atom is 0.410 e. The van der Waals surface area contributed by atoms with Gasteiger partial charge in [0, 0.05) is 18.5 Å². The van der Waals surface area contributed by atoms with Crippen molar-refractivity contribution in [3.05, 3.63) is 11.1 Å². The summed E-state index contributed by atoms with van der Waals surface area (Å²) < 4.78 is 5.45. The van der Waals surface area contributed by atoms with Gasteiger partial charge in [-0.2, -0.15) is 0 Å². The Morgan fingerprint density at radius 3 is 2.95 bits per heavy atom. The van der Waals surface area contributed by atoms with Gasteiger partial charge in [0.25, 0.3) is 0 Å². The average Bonchev–Trinajstić information content (AvgIpc) is 2.81. The third kappa shape index (κ3) is 5.19. The predicted molar refractivity (Wildman–Crippen MR) is 85.4 cm³/mol. The molecule has 1 amide bonds. The van der Waals surface area contributed by atoms with Crippen LogP contribution in [0.15, 0.2) is 5.38 Å². The standard InChI is InChI=1S/C15H25N3O2S/c1-15(2,3)20-14(19)18-8-4-5-11(9-18)6-7-12-10-21-13(16)17-12/h10-11H,4-9H2,1-3H3,(H2,16,17). The highest BCUT2D eigenvalue weighted by atomic mass is 32.1. The molecular formula is C15H25N3O2S. The van der Waals surface area contributed by atoms with Gasteiger partial charge < -0.3 is 15.4 Å². The van der Waals surface area contributed by atoms with Crippen molar-refractivity contribution < 1.29 is 9.53 Å². The van der Waals surface area contributed by atoms with Gasteiger partial charge in [0.15, 0.2) is 5.13 Å². The van der Waals surface area contributed by atoms with Gasteiger partial charge in [-0.15, -0.1) is 11.3 Å². The molecule has 1 aliphatic rings. The van der Waals surface area contributed by atoms with E-state index in [9.17, 15) is 4.79 Å². The molecule has 1 atom stereocenters. The first kappa shape index (κ1) is 16.1. The molecule has 1 unspecified atom stereocenters. The van der Waals surface area contributed by atoms with Crippen LogP contribution < -0.4 is 5.73 Å². The molecule has 2 rings (SSSR count). The zero-order valence-electron chi connectivity index (χ0n) is 13.1. The number of likely N-dealkylation sites (tertiary alicyclic amines) is 1. The summed E-state index contributed by atoms with van der Waals surface area (Å²) in [5.41, 5.74) is 6.28. The van der Waals surface area contributed by atoms with Gasteiger partial charge in [0.05, 0.1) is 5.69 Å². The number of aryl methyl sites for hydroxylation is 1. The molecule has 2 N–H and O–H groups in total. The van der Waals surface area contributed by atoms with Gasteiger partial charge in [-0.3, -0.25) is 0 Å². The minimum absolute atomic E-state index is 0.190. The molecule has 1 saturated heterocycles. The molecule has 1 aromatic heterocycles. The minimum atomic E-state index is -0.428. The predicted octanol–water partition coefficient (Wildman–Crippen LogP) is 3.31. The van der Waals surface area contributed by atoms with Crippen LogP contribution in [-0.4, -0.2) is 34.7 Å². The highest BCUT2D eigenvalue weighted by Gasteiger charge is 2.27. The summed E-state index contributed by atoms with van der Waals surface area (Å²) in [6, 6.07) is 0. The lowest BCUT2D eigenvalue weighted by Crippen LogP contribution is -2.42. The number of nitrogen functional groups attached to an aromatic ring is 1. The lowest BCUT2D eigenvalue weighted by atomic mass is 9.93. The van der Waals surface area contributed by atoms with Crippen LogP contribution in [0.25, 0.3) is 0 Å². The number of aromatic nitrogens is 1. The van der Waals surface area contributed by atoms with Crippen molar-refractivity contribution in [3.63, 3.8) is 0 Å². The second-order valence-electron chi connectivity index (χ2n) is 6.65. The van der Waals surface area contributed by atoms with E-state index in [1.165, 1.54) is 17.8 Å². The van der Waals surface area contributed by atoms with Gasteiger partial charge in [0.2, 0.25) is 0 Å². The molecule has 0 spiro atoms. The Bertz CT molecular complexity index is 482. The van der Waals surface area contributed by atoms with E-state index in [4.69, 9.17) is 10.5 Å². The number of anilines is 1. The van der Waals surface area contributed by atoms with E-state index in [0.717, 1.165) is 38.0 Å². The van der Waals surface area contributed by atoms with Gasteiger partial charge in [0.1, 0.15) is 5.60 Å². The smallest absolute Gasteiger partial charge is 0.410 e. The summed E-state index contributed by atoms with van der Waals surface area (Å²) in [6.07, 6.45) is 4.00. The van der Waals surface area contributed by atoms with Crippen molar-refractivity contribution in [3.8, 4) is 0 Å². The number of carbonyl (C=O) groups is 1. The Morgan fingerprint density at radius 2 is 2.33 bits per heavy atom. The van der Waals surface area contributed by atoms with Crippen LogP contribution in [-0.2, 0) is 11.2 Å². The SMILES string of the molecule is CC(C)(C)OC(=O)N1CCCC(CCc2csc(N)n2)C1. The van der Waals surface area contributed by atoms with Crippen LogP contribution in [0.4, 0.5) is 9.93 Å². The maximum atomic E-state index is 12.1. The molecular weight excluding hydrogens is 286 g/mol. The number of nitrogens with zero attached hydrogens (tertiary/aromatic N) is 2. The maximum absolute atomic E-state index is 12.1. The highest BCUT2D eigenvalue weighted by Crippen LogP contribution is 2.24. The van der Waals surface area contributed by atoms with E-state index in [2.05, 4.69) is 4.98 Å². The third-order valence-electron chi connectivity index (χ3n) is 3.55. The fraction of sp³-hybridized carbons (Fsp3) is 0.733. The summed E-state index contributed by atoms with van der Waals surface area (Å²) in [5.74, 6) is 0.522. The van der Waals surface area contributed by atoms with Crippen LogP contribution in [0.2, 0.25) is 0 Å². The van der Waals surface area contributed by atoms with Crippen molar-refractivity contribution in [1.82, 2.24) is 9.88 Å². The number of rotatable bonds is 3. The first-order valence-corrected chi connectivity index (χ1v) is 8.39. The number of piperidine rings is 1. The molecule has 1 aliphatic heterocycles. The summed E-state index contributed by atoms with van der Waals surface area (Å²) >= 11 is 1.48. The highest BCUT2D eigenvalue weighted by molar-refractivity contribution is 7.13. The van der Waals surface area contributed by atoms with E-state index in [0.29, 0.717) is 11.0 Å². The van der Waals surface area contributed by atoms with E-state index in [1.54, 1.807) is 0 Å². The number of carbonyl (C=O) groups excluding carboxylic acids is 1. The quantitative estimate of drug-likeness (QED) is 0.930. The van der Waals surface area contributed by atoms with Gasteiger partial charge in [-0.05, 0) is 52.4 Å². The number of thiazole rings is 1. The fourth-order valence-corrected chi connectivity index (χ4v) is 3.18. The van der Waals surface area contributed by atoms with Crippen LogP contribution in [0.5, 0.6) is 0 Å². The van der Waals surface area contributed by atoms with Crippen molar-refractivity contribution in [2.24, 2.45) is 5.92 Å². The Balaban J connectivity index is 1.81.